The summed E-state index contributed by atoms with van der Waals surface area (Å²) in [5, 5.41) is 2.09. The maximum absolute atomic E-state index is 5.38. The number of hydrogen-bond acceptors (Lipinski definition) is 2. The third kappa shape index (κ3) is 2.05. The number of benzene rings is 1. The molecular formula is C13H14OS. The molecule has 1 aromatic heterocycles. The van der Waals surface area contributed by atoms with Crippen LogP contribution in [0.2, 0.25) is 0 Å². The van der Waals surface area contributed by atoms with E-state index in [9.17, 15) is 0 Å². The van der Waals surface area contributed by atoms with Crippen LogP contribution in [0.3, 0.4) is 0 Å². The molecular weight excluding hydrogens is 204 g/mol. The topological polar surface area (TPSA) is 9.23 Å². The molecule has 0 amide bonds. The van der Waals surface area contributed by atoms with Crippen LogP contribution < -0.4 is 4.74 Å². The molecule has 0 saturated carbocycles. The van der Waals surface area contributed by atoms with Crippen LogP contribution in [0.4, 0.5) is 0 Å². The molecule has 2 heteroatoms. The molecule has 0 unspecified atom stereocenters. The Morgan fingerprint density at radius 1 is 1.27 bits per heavy atom. The van der Waals surface area contributed by atoms with Crippen molar-refractivity contribution in [2.24, 2.45) is 0 Å². The van der Waals surface area contributed by atoms with Crippen LogP contribution in [0.5, 0.6) is 5.75 Å². The summed E-state index contributed by atoms with van der Waals surface area (Å²) in [6.07, 6.45) is 1.06. The summed E-state index contributed by atoms with van der Waals surface area (Å²) in [4.78, 5) is 1.27. The smallest absolute Gasteiger partial charge is 0.127 e. The molecule has 78 valence electrons. The van der Waals surface area contributed by atoms with E-state index in [1.807, 2.05) is 6.07 Å². The minimum atomic E-state index is 0.953. The Morgan fingerprint density at radius 3 is 2.73 bits per heavy atom. The molecule has 0 radical (unpaired) electrons. The minimum absolute atomic E-state index is 0.953. The molecule has 0 aliphatic heterocycles. The first-order chi connectivity index (χ1) is 7.35. The zero-order valence-corrected chi connectivity index (χ0v) is 9.80. The second-order valence-corrected chi connectivity index (χ2v) is 4.31. The Bertz CT molecular complexity index is 432. The Kier molecular flexibility index (Phi) is 3.07. The molecule has 0 saturated heterocycles. The molecule has 0 aliphatic carbocycles. The number of thiophene rings is 1. The number of hydrogen-bond donors (Lipinski definition) is 0. The maximum atomic E-state index is 5.38. The van der Waals surface area contributed by atoms with Crippen molar-refractivity contribution in [1.29, 1.82) is 0 Å². The summed E-state index contributed by atoms with van der Waals surface area (Å²) in [5.74, 6) is 0.953. The highest BCUT2D eigenvalue weighted by Gasteiger charge is 2.06. The summed E-state index contributed by atoms with van der Waals surface area (Å²) < 4.78 is 5.38. The SMILES string of the molecule is CCc1ccc(OC)c(-c2cccs2)c1. The van der Waals surface area contributed by atoms with Crippen LogP contribution in [0, 0.1) is 0 Å². The molecule has 0 aliphatic rings. The van der Waals surface area contributed by atoms with E-state index in [4.69, 9.17) is 4.74 Å². The average Bonchev–Trinajstić information content (AvgIpc) is 2.81. The molecule has 2 aromatic rings. The van der Waals surface area contributed by atoms with Crippen molar-refractivity contribution in [2.75, 3.05) is 7.11 Å². The van der Waals surface area contributed by atoms with E-state index >= 15 is 0 Å². The summed E-state index contributed by atoms with van der Waals surface area (Å²) >= 11 is 1.74. The first kappa shape index (κ1) is 10.2. The van der Waals surface area contributed by atoms with E-state index in [2.05, 4.69) is 36.6 Å². The van der Waals surface area contributed by atoms with Crippen molar-refractivity contribution in [3.8, 4) is 16.2 Å². The van der Waals surface area contributed by atoms with E-state index in [1.165, 1.54) is 16.0 Å². The zero-order valence-electron chi connectivity index (χ0n) is 8.99. The standard InChI is InChI=1S/C13H14OS/c1-3-10-6-7-12(14-2)11(9-10)13-5-4-8-15-13/h4-9H,3H2,1-2H3. The largest absolute Gasteiger partial charge is 0.496 e. The first-order valence-corrected chi connectivity index (χ1v) is 5.94. The number of rotatable bonds is 3. The van der Waals surface area contributed by atoms with Crippen molar-refractivity contribution in [2.45, 2.75) is 13.3 Å². The first-order valence-electron chi connectivity index (χ1n) is 5.06. The maximum Gasteiger partial charge on any atom is 0.127 e. The lowest BCUT2D eigenvalue weighted by Gasteiger charge is -2.08. The molecule has 1 aromatic carbocycles. The lowest BCUT2D eigenvalue weighted by atomic mass is 10.1. The van der Waals surface area contributed by atoms with Gasteiger partial charge >= 0.3 is 0 Å². The molecule has 1 heterocycles. The lowest BCUT2D eigenvalue weighted by molar-refractivity contribution is 0.416. The van der Waals surface area contributed by atoms with Gasteiger partial charge in [-0.3, -0.25) is 0 Å². The van der Waals surface area contributed by atoms with Crippen LogP contribution in [0.1, 0.15) is 12.5 Å². The quantitative estimate of drug-likeness (QED) is 0.757. The van der Waals surface area contributed by atoms with Gasteiger partial charge in [-0.05, 0) is 35.6 Å². The van der Waals surface area contributed by atoms with Gasteiger partial charge in [-0.1, -0.05) is 19.1 Å². The summed E-state index contributed by atoms with van der Waals surface area (Å²) in [7, 11) is 1.72. The number of methoxy groups -OCH3 is 1. The monoisotopic (exact) mass is 218 g/mol. The third-order valence-electron chi connectivity index (χ3n) is 2.46. The van der Waals surface area contributed by atoms with E-state index in [0.717, 1.165) is 12.2 Å². The van der Waals surface area contributed by atoms with Gasteiger partial charge in [0.05, 0.1) is 7.11 Å². The van der Waals surface area contributed by atoms with Gasteiger partial charge in [-0.15, -0.1) is 11.3 Å². The normalized spacial score (nSPS) is 10.3. The molecule has 0 N–H and O–H groups in total. The molecule has 0 spiro atoms. The Hall–Kier alpha value is -1.28. The highest BCUT2D eigenvalue weighted by Crippen LogP contribution is 2.33. The van der Waals surface area contributed by atoms with Crippen LogP contribution in [-0.4, -0.2) is 7.11 Å². The van der Waals surface area contributed by atoms with Gasteiger partial charge in [0.15, 0.2) is 0 Å². The number of aryl methyl sites for hydroxylation is 1. The van der Waals surface area contributed by atoms with Crippen LogP contribution >= 0.6 is 11.3 Å². The van der Waals surface area contributed by atoms with Gasteiger partial charge < -0.3 is 4.74 Å². The van der Waals surface area contributed by atoms with E-state index < -0.39 is 0 Å². The van der Waals surface area contributed by atoms with Crippen LogP contribution in [0.15, 0.2) is 35.7 Å². The predicted molar refractivity (Wildman–Crippen MR) is 65.7 cm³/mol. The number of ether oxygens (including phenoxy) is 1. The highest BCUT2D eigenvalue weighted by atomic mass is 32.1. The minimum Gasteiger partial charge on any atom is -0.496 e. The van der Waals surface area contributed by atoms with E-state index in [0.29, 0.717) is 0 Å². The van der Waals surface area contributed by atoms with Crippen molar-refractivity contribution >= 4 is 11.3 Å². The summed E-state index contributed by atoms with van der Waals surface area (Å²) in [6.45, 7) is 2.17. The van der Waals surface area contributed by atoms with Gasteiger partial charge in [0.2, 0.25) is 0 Å². The highest BCUT2D eigenvalue weighted by molar-refractivity contribution is 7.13. The zero-order chi connectivity index (χ0) is 10.7. The third-order valence-corrected chi connectivity index (χ3v) is 3.36. The predicted octanol–water partition coefficient (Wildman–Crippen LogP) is 3.99. The van der Waals surface area contributed by atoms with Crippen molar-refractivity contribution in [1.82, 2.24) is 0 Å². The molecule has 15 heavy (non-hydrogen) atoms. The Balaban J connectivity index is 2.52. The van der Waals surface area contributed by atoms with Crippen molar-refractivity contribution in [3.63, 3.8) is 0 Å². The van der Waals surface area contributed by atoms with Crippen LogP contribution in [0.25, 0.3) is 10.4 Å². The summed E-state index contributed by atoms with van der Waals surface area (Å²) in [6, 6.07) is 10.6. The fraction of sp³-hybridized carbons (Fsp3) is 0.231. The van der Waals surface area contributed by atoms with Gasteiger partial charge in [0.25, 0.3) is 0 Å². The van der Waals surface area contributed by atoms with Crippen molar-refractivity contribution < 1.29 is 4.74 Å². The Morgan fingerprint density at radius 2 is 2.13 bits per heavy atom. The molecule has 1 nitrogen and oxygen atoms in total. The van der Waals surface area contributed by atoms with Gasteiger partial charge in [0.1, 0.15) is 5.75 Å². The fourth-order valence-electron chi connectivity index (χ4n) is 1.60. The van der Waals surface area contributed by atoms with Crippen LogP contribution in [-0.2, 0) is 6.42 Å². The van der Waals surface area contributed by atoms with E-state index in [-0.39, 0.29) is 0 Å². The Labute approximate surface area is 94.3 Å². The second-order valence-electron chi connectivity index (χ2n) is 3.37. The van der Waals surface area contributed by atoms with Gasteiger partial charge in [0, 0.05) is 10.4 Å². The molecule has 2 rings (SSSR count). The van der Waals surface area contributed by atoms with Gasteiger partial charge in [-0.2, -0.15) is 0 Å². The fourth-order valence-corrected chi connectivity index (χ4v) is 2.35. The average molecular weight is 218 g/mol. The van der Waals surface area contributed by atoms with Gasteiger partial charge in [-0.25, -0.2) is 0 Å². The lowest BCUT2D eigenvalue weighted by Crippen LogP contribution is -1.88. The summed E-state index contributed by atoms with van der Waals surface area (Å²) in [5.41, 5.74) is 2.55. The molecule has 0 bridgehead atoms. The van der Waals surface area contributed by atoms with Crippen molar-refractivity contribution in [3.05, 3.63) is 41.3 Å². The second kappa shape index (κ2) is 4.49. The molecule has 0 atom stereocenters. The molecule has 0 fully saturated rings. The van der Waals surface area contributed by atoms with E-state index in [1.54, 1.807) is 18.4 Å².